The van der Waals surface area contributed by atoms with Gasteiger partial charge in [0.15, 0.2) is 0 Å². The first kappa shape index (κ1) is 16.3. The molecule has 0 bridgehead atoms. The molecule has 0 unspecified atom stereocenters. The Kier molecular flexibility index (Phi) is 5.67. The van der Waals surface area contributed by atoms with Crippen LogP contribution in [0.25, 0.3) is 6.08 Å². The Morgan fingerprint density at radius 2 is 1.75 bits per heavy atom. The van der Waals surface area contributed by atoms with Gasteiger partial charge in [0.05, 0.1) is 0 Å². The highest BCUT2D eigenvalue weighted by molar-refractivity contribution is 5.91. The zero-order valence-electron chi connectivity index (χ0n) is 13.8. The molecular formula is C21H23NO2. The summed E-state index contributed by atoms with van der Waals surface area (Å²) in [6.07, 6.45) is 8.10. The Morgan fingerprint density at radius 3 is 2.46 bits per heavy atom. The molecule has 124 valence electrons. The zero-order valence-corrected chi connectivity index (χ0v) is 13.8. The number of nitrogens with one attached hydrogen (secondary N) is 1. The molecule has 0 radical (unpaired) electrons. The van der Waals surface area contributed by atoms with Crippen molar-refractivity contribution in [2.45, 2.75) is 38.3 Å². The van der Waals surface area contributed by atoms with Gasteiger partial charge in [0.1, 0.15) is 12.4 Å². The summed E-state index contributed by atoms with van der Waals surface area (Å²) < 4.78 is 5.76. The third kappa shape index (κ3) is 4.98. The molecular weight excluding hydrogens is 298 g/mol. The minimum absolute atomic E-state index is 0.00805. The molecule has 1 aliphatic carbocycles. The van der Waals surface area contributed by atoms with Crippen molar-refractivity contribution in [2.24, 2.45) is 0 Å². The van der Waals surface area contributed by atoms with E-state index in [1.165, 1.54) is 12.8 Å². The number of benzene rings is 2. The predicted molar refractivity (Wildman–Crippen MR) is 96.6 cm³/mol. The van der Waals surface area contributed by atoms with Crippen LogP contribution in [0.5, 0.6) is 5.75 Å². The molecule has 3 rings (SSSR count). The Hall–Kier alpha value is -2.55. The fourth-order valence-corrected chi connectivity index (χ4v) is 2.91. The monoisotopic (exact) mass is 321 g/mol. The first-order valence-electron chi connectivity index (χ1n) is 8.55. The van der Waals surface area contributed by atoms with E-state index in [0.29, 0.717) is 12.6 Å². The van der Waals surface area contributed by atoms with Crippen molar-refractivity contribution in [3.8, 4) is 5.75 Å². The van der Waals surface area contributed by atoms with Crippen LogP contribution < -0.4 is 10.1 Å². The third-order valence-electron chi connectivity index (χ3n) is 4.26. The topological polar surface area (TPSA) is 38.3 Å². The summed E-state index contributed by atoms with van der Waals surface area (Å²) in [4.78, 5) is 11.9. The highest BCUT2D eigenvalue weighted by atomic mass is 16.5. The fraction of sp³-hybridized carbons (Fsp3) is 0.286. The second-order valence-corrected chi connectivity index (χ2v) is 6.17. The predicted octanol–water partition coefficient (Wildman–Crippen LogP) is 4.34. The lowest BCUT2D eigenvalue weighted by Gasteiger charge is -2.09. The minimum Gasteiger partial charge on any atom is -0.489 e. The molecule has 0 heterocycles. The average Bonchev–Trinajstić information content (AvgIpc) is 3.13. The molecule has 1 fully saturated rings. The van der Waals surface area contributed by atoms with E-state index in [4.69, 9.17) is 4.74 Å². The van der Waals surface area contributed by atoms with Gasteiger partial charge in [-0.3, -0.25) is 4.79 Å². The standard InChI is InChI=1S/C21H23NO2/c23-21(22-19-8-4-5-9-19)15-12-17-10-13-20(14-11-17)24-16-18-6-2-1-3-7-18/h1-3,6-7,10-15,19H,4-5,8-9,16H2,(H,22,23)/b15-12+. The number of hydrogen-bond acceptors (Lipinski definition) is 2. The molecule has 1 saturated carbocycles. The van der Waals surface area contributed by atoms with Gasteiger partial charge in [-0.2, -0.15) is 0 Å². The van der Waals surface area contributed by atoms with Crippen molar-refractivity contribution in [2.75, 3.05) is 0 Å². The summed E-state index contributed by atoms with van der Waals surface area (Å²) in [7, 11) is 0. The van der Waals surface area contributed by atoms with Gasteiger partial charge >= 0.3 is 0 Å². The van der Waals surface area contributed by atoms with Crippen molar-refractivity contribution in [1.29, 1.82) is 0 Å². The van der Waals surface area contributed by atoms with Gasteiger partial charge in [-0.15, -0.1) is 0 Å². The van der Waals surface area contributed by atoms with Crippen LogP contribution in [0.2, 0.25) is 0 Å². The molecule has 0 aromatic heterocycles. The molecule has 0 atom stereocenters. The first-order valence-corrected chi connectivity index (χ1v) is 8.55. The first-order chi connectivity index (χ1) is 11.8. The summed E-state index contributed by atoms with van der Waals surface area (Å²) in [5, 5.41) is 3.05. The van der Waals surface area contributed by atoms with Crippen LogP contribution in [0.15, 0.2) is 60.7 Å². The van der Waals surface area contributed by atoms with Crippen molar-refractivity contribution in [3.63, 3.8) is 0 Å². The highest BCUT2D eigenvalue weighted by Gasteiger charge is 2.15. The quantitative estimate of drug-likeness (QED) is 0.804. The minimum atomic E-state index is -0.00805. The second kappa shape index (κ2) is 8.34. The SMILES string of the molecule is O=C(/C=C/c1ccc(OCc2ccccc2)cc1)NC1CCCC1. The van der Waals surface area contributed by atoms with E-state index in [2.05, 4.69) is 5.32 Å². The second-order valence-electron chi connectivity index (χ2n) is 6.17. The smallest absolute Gasteiger partial charge is 0.244 e. The Morgan fingerprint density at radius 1 is 1.04 bits per heavy atom. The molecule has 1 N–H and O–H groups in total. The maximum atomic E-state index is 11.9. The Bertz CT molecular complexity index is 671. The van der Waals surface area contributed by atoms with Crippen LogP contribution >= 0.6 is 0 Å². The van der Waals surface area contributed by atoms with Crippen molar-refractivity contribution in [3.05, 3.63) is 71.8 Å². The number of carbonyl (C=O) groups excluding carboxylic acids is 1. The number of amides is 1. The summed E-state index contributed by atoms with van der Waals surface area (Å²) in [6.45, 7) is 0.555. The van der Waals surface area contributed by atoms with Crippen molar-refractivity contribution >= 4 is 12.0 Å². The average molecular weight is 321 g/mol. The molecule has 0 aliphatic heterocycles. The highest BCUT2D eigenvalue weighted by Crippen LogP contribution is 2.18. The van der Waals surface area contributed by atoms with Gasteiger partial charge in [-0.1, -0.05) is 55.3 Å². The molecule has 1 amide bonds. The van der Waals surface area contributed by atoms with Gasteiger partial charge in [0.25, 0.3) is 0 Å². The molecule has 0 spiro atoms. The van der Waals surface area contributed by atoms with Gasteiger partial charge in [0.2, 0.25) is 5.91 Å². The van der Waals surface area contributed by atoms with E-state index < -0.39 is 0 Å². The summed E-state index contributed by atoms with van der Waals surface area (Å²) in [5.41, 5.74) is 2.13. The Labute approximate surface area is 143 Å². The van der Waals surface area contributed by atoms with E-state index in [-0.39, 0.29) is 5.91 Å². The van der Waals surface area contributed by atoms with Gasteiger partial charge < -0.3 is 10.1 Å². The molecule has 1 aliphatic rings. The summed E-state index contributed by atoms with van der Waals surface area (Å²) >= 11 is 0. The van der Waals surface area contributed by atoms with Crippen molar-refractivity contribution < 1.29 is 9.53 Å². The van der Waals surface area contributed by atoms with Crippen LogP contribution in [-0.4, -0.2) is 11.9 Å². The van der Waals surface area contributed by atoms with Gasteiger partial charge in [0, 0.05) is 12.1 Å². The van der Waals surface area contributed by atoms with E-state index in [0.717, 1.165) is 29.7 Å². The van der Waals surface area contributed by atoms with Gasteiger partial charge in [-0.05, 0) is 42.2 Å². The van der Waals surface area contributed by atoms with E-state index in [1.807, 2.05) is 60.7 Å². The van der Waals surface area contributed by atoms with Crippen molar-refractivity contribution in [1.82, 2.24) is 5.32 Å². The molecule has 3 nitrogen and oxygen atoms in total. The molecule has 3 heteroatoms. The lowest BCUT2D eigenvalue weighted by molar-refractivity contribution is -0.117. The summed E-state index contributed by atoms with van der Waals surface area (Å²) in [6, 6.07) is 18.2. The summed E-state index contributed by atoms with van der Waals surface area (Å²) in [5.74, 6) is 0.817. The molecule has 2 aromatic rings. The fourth-order valence-electron chi connectivity index (χ4n) is 2.91. The van der Waals surface area contributed by atoms with Crippen LogP contribution in [-0.2, 0) is 11.4 Å². The number of carbonyl (C=O) groups is 1. The normalized spacial score (nSPS) is 14.8. The molecule has 0 saturated heterocycles. The maximum absolute atomic E-state index is 11.9. The number of rotatable bonds is 6. The van der Waals surface area contributed by atoms with Crippen LogP contribution in [0.1, 0.15) is 36.8 Å². The number of ether oxygens (including phenoxy) is 1. The Balaban J connectivity index is 1.48. The van der Waals surface area contributed by atoms with E-state index in [1.54, 1.807) is 6.08 Å². The number of hydrogen-bond donors (Lipinski definition) is 1. The van der Waals surface area contributed by atoms with Crippen LogP contribution in [0.4, 0.5) is 0 Å². The van der Waals surface area contributed by atoms with Gasteiger partial charge in [-0.25, -0.2) is 0 Å². The van der Waals surface area contributed by atoms with Crippen LogP contribution in [0, 0.1) is 0 Å². The zero-order chi connectivity index (χ0) is 16.6. The lowest BCUT2D eigenvalue weighted by Crippen LogP contribution is -2.30. The largest absolute Gasteiger partial charge is 0.489 e. The van der Waals surface area contributed by atoms with E-state index >= 15 is 0 Å². The van der Waals surface area contributed by atoms with E-state index in [9.17, 15) is 4.79 Å². The molecule has 24 heavy (non-hydrogen) atoms. The maximum Gasteiger partial charge on any atom is 0.244 e. The van der Waals surface area contributed by atoms with Crippen LogP contribution in [0.3, 0.4) is 0 Å². The lowest BCUT2D eigenvalue weighted by atomic mass is 10.2. The third-order valence-corrected chi connectivity index (χ3v) is 4.26. The molecule has 2 aromatic carbocycles.